The third-order valence-electron chi connectivity index (χ3n) is 4.54. The van der Waals surface area contributed by atoms with Crippen LogP contribution in [0.25, 0.3) is 0 Å². The topological polar surface area (TPSA) is 109 Å². The molecule has 0 radical (unpaired) electrons. The fourth-order valence-corrected chi connectivity index (χ4v) is 3.06. The van der Waals surface area contributed by atoms with Crippen LogP contribution in [0.2, 0.25) is 0 Å². The van der Waals surface area contributed by atoms with Crippen molar-refractivity contribution in [1.82, 2.24) is 16.2 Å². The minimum Gasteiger partial charge on any atom is -0.497 e. The van der Waals surface area contributed by atoms with Gasteiger partial charge in [0.25, 0.3) is 5.91 Å². The third-order valence-corrected chi connectivity index (χ3v) is 4.54. The lowest BCUT2D eigenvalue weighted by Gasteiger charge is -2.22. The van der Waals surface area contributed by atoms with Gasteiger partial charge in [-0.05, 0) is 36.2 Å². The Labute approximate surface area is 162 Å². The van der Waals surface area contributed by atoms with Crippen molar-refractivity contribution < 1.29 is 24.2 Å². The molecule has 1 saturated heterocycles. The molecule has 1 aliphatic rings. The van der Waals surface area contributed by atoms with Crippen LogP contribution in [-0.4, -0.2) is 49.0 Å². The van der Waals surface area contributed by atoms with Crippen molar-refractivity contribution in [1.29, 1.82) is 0 Å². The summed E-state index contributed by atoms with van der Waals surface area (Å²) < 4.78 is 10.5. The summed E-state index contributed by atoms with van der Waals surface area (Å²) in [6.45, 7) is 0.315. The average Bonchev–Trinajstić information content (AvgIpc) is 3.06. The molecule has 0 unspecified atom stereocenters. The number of hydrogen-bond donors (Lipinski definition) is 4. The van der Waals surface area contributed by atoms with Gasteiger partial charge in [-0.15, -0.1) is 0 Å². The van der Waals surface area contributed by atoms with Gasteiger partial charge in [0.1, 0.15) is 18.0 Å². The van der Waals surface area contributed by atoms with Gasteiger partial charge in [-0.3, -0.25) is 10.2 Å². The number of amides is 2. The Morgan fingerprint density at radius 2 is 1.82 bits per heavy atom. The molecule has 8 nitrogen and oxygen atoms in total. The number of hydrogen-bond acceptors (Lipinski definition) is 6. The quantitative estimate of drug-likeness (QED) is 0.572. The summed E-state index contributed by atoms with van der Waals surface area (Å²) in [5.74, 6) is 0.293. The molecule has 148 valence electrons. The Balaban J connectivity index is 1.53. The number of carbonyl (C=O) groups is 2. The molecule has 28 heavy (non-hydrogen) atoms. The van der Waals surface area contributed by atoms with Crippen LogP contribution in [0.4, 0.5) is 4.79 Å². The van der Waals surface area contributed by atoms with Crippen LogP contribution < -0.4 is 20.9 Å². The van der Waals surface area contributed by atoms with Crippen molar-refractivity contribution in [2.75, 3.05) is 13.7 Å². The van der Waals surface area contributed by atoms with E-state index in [2.05, 4.69) is 16.2 Å². The molecule has 0 aromatic heterocycles. The lowest BCUT2D eigenvalue weighted by Crippen LogP contribution is -2.46. The van der Waals surface area contributed by atoms with Crippen LogP contribution in [0.3, 0.4) is 0 Å². The highest BCUT2D eigenvalue weighted by molar-refractivity contribution is 5.94. The number of rotatable bonds is 5. The average molecular weight is 385 g/mol. The van der Waals surface area contributed by atoms with Crippen LogP contribution >= 0.6 is 0 Å². The Morgan fingerprint density at radius 3 is 2.50 bits per heavy atom. The standard InChI is InChI=1S/C20H23N3O5/c1-27-15-9-7-13(8-10-15)11-16-18(17(24)12-21-16)28-20(26)23-22-19(25)14-5-3-2-4-6-14/h2-10,16-18,21,24H,11-12H2,1H3,(H,22,25)(H,23,26)/t16-,17+,18+/m1/s1. The molecule has 0 saturated carbocycles. The van der Waals surface area contributed by atoms with E-state index in [4.69, 9.17) is 9.47 Å². The molecular weight excluding hydrogens is 362 g/mol. The minimum atomic E-state index is -0.836. The number of hydrazine groups is 1. The molecule has 1 heterocycles. The summed E-state index contributed by atoms with van der Waals surface area (Å²) in [4.78, 5) is 24.0. The van der Waals surface area contributed by atoms with Crippen molar-refractivity contribution in [3.05, 3.63) is 65.7 Å². The van der Waals surface area contributed by atoms with E-state index in [1.807, 2.05) is 24.3 Å². The first-order valence-electron chi connectivity index (χ1n) is 8.93. The molecule has 8 heteroatoms. The molecular formula is C20H23N3O5. The van der Waals surface area contributed by atoms with Gasteiger partial charge in [0, 0.05) is 12.1 Å². The molecule has 1 fully saturated rings. The fourth-order valence-electron chi connectivity index (χ4n) is 3.06. The van der Waals surface area contributed by atoms with Crippen molar-refractivity contribution in [2.45, 2.75) is 24.7 Å². The van der Waals surface area contributed by atoms with Gasteiger partial charge in [-0.2, -0.15) is 0 Å². The molecule has 3 rings (SSSR count). The van der Waals surface area contributed by atoms with Crippen LogP contribution in [0.1, 0.15) is 15.9 Å². The molecule has 2 amide bonds. The smallest absolute Gasteiger partial charge is 0.426 e. The monoisotopic (exact) mass is 385 g/mol. The highest BCUT2D eigenvalue weighted by atomic mass is 16.6. The largest absolute Gasteiger partial charge is 0.497 e. The molecule has 3 atom stereocenters. The molecule has 0 bridgehead atoms. The zero-order valence-electron chi connectivity index (χ0n) is 15.4. The second-order valence-electron chi connectivity index (χ2n) is 6.45. The number of benzene rings is 2. The maximum absolute atomic E-state index is 12.1. The predicted octanol–water partition coefficient (Wildman–Crippen LogP) is 1.01. The molecule has 1 aliphatic heterocycles. The van der Waals surface area contributed by atoms with Crippen molar-refractivity contribution in [3.63, 3.8) is 0 Å². The summed E-state index contributed by atoms with van der Waals surface area (Å²) in [5.41, 5.74) is 5.92. The van der Waals surface area contributed by atoms with E-state index in [1.54, 1.807) is 37.4 Å². The Bertz CT molecular complexity index is 797. The van der Waals surface area contributed by atoms with Gasteiger partial charge in [-0.1, -0.05) is 30.3 Å². The summed E-state index contributed by atoms with van der Waals surface area (Å²) in [6, 6.07) is 15.8. The van der Waals surface area contributed by atoms with E-state index in [1.165, 1.54) is 0 Å². The molecule has 4 N–H and O–H groups in total. The van der Waals surface area contributed by atoms with Crippen molar-refractivity contribution >= 4 is 12.0 Å². The second-order valence-corrected chi connectivity index (χ2v) is 6.45. The number of nitrogens with one attached hydrogen (secondary N) is 3. The van der Waals surface area contributed by atoms with Crippen molar-refractivity contribution in [3.8, 4) is 5.75 Å². The summed E-state index contributed by atoms with van der Waals surface area (Å²) in [5, 5.41) is 13.3. The highest BCUT2D eigenvalue weighted by Gasteiger charge is 2.37. The summed E-state index contributed by atoms with van der Waals surface area (Å²) in [6.07, 6.45) is -1.85. The lowest BCUT2D eigenvalue weighted by molar-refractivity contribution is 0.0173. The number of carbonyl (C=O) groups excluding carboxylic acids is 2. The van der Waals surface area contributed by atoms with Crippen LogP contribution in [-0.2, 0) is 11.2 Å². The van der Waals surface area contributed by atoms with Gasteiger partial charge in [0.15, 0.2) is 0 Å². The number of methoxy groups -OCH3 is 1. The number of β-amino-alcohol motifs (C(OH)–C–C–N with tert-alkyl or cyclic N) is 1. The summed E-state index contributed by atoms with van der Waals surface area (Å²) in [7, 11) is 1.60. The van der Waals surface area contributed by atoms with E-state index in [0.717, 1.165) is 11.3 Å². The van der Waals surface area contributed by atoms with Gasteiger partial charge < -0.3 is 19.9 Å². The summed E-state index contributed by atoms with van der Waals surface area (Å²) >= 11 is 0. The molecule has 2 aromatic carbocycles. The number of aliphatic hydroxyl groups excluding tert-OH is 1. The maximum atomic E-state index is 12.1. The van der Waals surface area contributed by atoms with Gasteiger partial charge >= 0.3 is 6.09 Å². The second kappa shape index (κ2) is 9.20. The van der Waals surface area contributed by atoms with Crippen LogP contribution in [0, 0.1) is 0 Å². The fraction of sp³-hybridized carbons (Fsp3) is 0.300. The first-order valence-corrected chi connectivity index (χ1v) is 8.93. The van der Waals surface area contributed by atoms with E-state index < -0.39 is 24.2 Å². The van der Waals surface area contributed by atoms with E-state index >= 15 is 0 Å². The number of ether oxygens (including phenoxy) is 2. The Morgan fingerprint density at radius 1 is 1.11 bits per heavy atom. The van der Waals surface area contributed by atoms with Crippen LogP contribution in [0.15, 0.2) is 54.6 Å². The zero-order valence-corrected chi connectivity index (χ0v) is 15.4. The molecule has 2 aromatic rings. The third kappa shape index (κ3) is 4.99. The maximum Gasteiger partial charge on any atom is 0.426 e. The zero-order chi connectivity index (χ0) is 19.9. The van der Waals surface area contributed by atoms with Gasteiger partial charge in [0.2, 0.25) is 0 Å². The van der Waals surface area contributed by atoms with Crippen molar-refractivity contribution in [2.24, 2.45) is 0 Å². The highest BCUT2D eigenvalue weighted by Crippen LogP contribution is 2.19. The van der Waals surface area contributed by atoms with E-state index in [9.17, 15) is 14.7 Å². The SMILES string of the molecule is COc1ccc(C[C@H]2NC[C@H](O)[C@H]2OC(=O)NNC(=O)c2ccccc2)cc1. The minimum absolute atomic E-state index is 0.251. The van der Waals surface area contributed by atoms with Crippen LogP contribution in [0.5, 0.6) is 5.75 Å². The Hall–Kier alpha value is -3.10. The molecule has 0 aliphatic carbocycles. The lowest BCUT2D eigenvalue weighted by atomic mass is 10.0. The number of aliphatic hydroxyl groups is 1. The van der Waals surface area contributed by atoms with E-state index in [-0.39, 0.29) is 6.04 Å². The van der Waals surface area contributed by atoms with Gasteiger partial charge in [-0.25, -0.2) is 10.2 Å². The van der Waals surface area contributed by atoms with Gasteiger partial charge in [0.05, 0.1) is 13.2 Å². The normalized spacial score (nSPS) is 21.0. The first-order chi connectivity index (χ1) is 13.6. The van der Waals surface area contributed by atoms with E-state index in [0.29, 0.717) is 18.5 Å². The Kier molecular flexibility index (Phi) is 6.46. The predicted molar refractivity (Wildman–Crippen MR) is 102 cm³/mol. The molecule has 0 spiro atoms. The first kappa shape index (κ1) is 19.7.